The Morgan fingerprint density at radius 2 is 1.85 bits per heavy atom. The van der Waals surface area contributed by atoms with E-state index in [9.17, 15) is 0 Å². The molecule has 0 fully saturated rings. The van der Waals surface area contributed by atoms with Crippen molar-refractivity contribution in [2.75, 3.05) is 0 Å². The maximum Gasteiger partial charge on any atom is 0.114 e. The Bertz CT molecular complexity index is 790. The Morgan fingerprint density at radius 1 is 1.05 bits per heavy atom. The Labute approximate surface area is 120 Å². The van der Waals surface area contributed by atoms with Crippen LogP contribution in [0.3, 0.4) is 0 Å². The summed E-state index contributed by atoms with van der Waals surface area (Å²) >= 11 is 1.16. The first-order chi connectivity index (χ1) is 9.75. The summed E-state index contributed by atoms with van der Waals surface area (Å²) in [6.07, 6.45) is 1.66. The van der Waals surface area contributed by atoms with Crippen LogP contribution in [0, 0.1) is 5.41 Å². The molecule has 2 aromatic carbocycles. The van der Waals surface area contributed by atoms with E-state index in [-0.39, 0.29) is 0 Å². The molecule has 0 saturated carbocycles. The van der Waals surface area contributed by atoms with Gasteiger partial charge in [0, 0.05) is 11.3 Å². The molecule has 0 amide bonds. The summed E-state index contributed by atoms with van der Waals surface area (Å²) in [5.74, 6) is 0. The van der Waals surface area contributed by atoms with E-state index in [1.165, 1.54) is 0 Å². The first kappa shape index (κ1) is 12.5. The molecule has 3 N–H and O–H groups in total. The highest BCUT2D eigenvalue weighted by Gasteiger charge is 2.08. The monoisotopic (exact) mass is 280 g/mol. The van der Waals surface area contributed by atoms with Crippen molar-refractivity contribution in [3.8, 4) is 0 Å². The molecule has 5 heteroatoms. The van der Waals surface area contributed by atoms with Gasteiger partial charge in [-0.25, -0.2) is 0 Å². The van der Waals surface area contributed by atoms with Crippen molar-refractivity contribution in [3.05, 3.63) is 65.7 Å². The predicted molar refractivity (Wildman–Crippen MR) is 82.9 cm³/mol. The summed E-state index contributed by atoms with van der Waals surface area (Å²) in [7, 11) is 0. The van der Waals surface area contributed by atoms with Crippen molar-refractivity contribution in [2.24, 2.45) is 5.73 Å². The molecule has 0 spiro atoms. The van der Waals surface area contributed by atoms with Gasteiger partial charge in [-0.2, -0.15) is 8.75 Å². The number of nitrogens with one attached hydrogen (secondary N) is 1. The number of benzene rings is 2. The van der Waals surface area contributed by atoms with Gasteiger partial charge >= 0.3 is 0 Å². The van der Waals surface area contributed by atoms with Gasteiger partial charge in [-0.05, 0) is 17.7 Å². The molecule has 3 aromatic rings. The molecule has 0 aliphatic carbocycles. The number of aromatic nitrogens is 2. The lowest BCUT2D eigenvalue weighted by Gasteiger charge is -2.04. The fourth-order valence-electron chi connectivity index (χ4n) is 1.97. The van der Waals surface area contributed by atoms with Gasteiger partial charge in [0.05, 0.1) is 17.4 Å². The summed E-state index contributed by atoms with van der Waals surface area (Å²) < 4.78 is 8.45. The maximum absolute atomic E-state index is 8.09. The number of hydrogen-bond donors (Lipinski definition) is 2. The van der Waals surface area contributed by atoms with E-state index in [1.807, 2.05) is 48.5 Å². The molecular weight excluding hydrogens is 268 g/mol. The molecule has 0 atom stereocenters. The molecule has 3 rings (SSSR count). The first-order valence-corrected chi connectivity index (χ1v) is 6.81. The molecule has 1 heterocycles. The second kappa shape index (κ2) is 5.22. The van der Waals surface area contributed by atoms with Gasteiger partial charge in [-0.1, -0.05) is 42.5 Å². The number of hydrogen-bond acceptors (Lipinski definition) is 5. The molecular formula is C15H12N4S. The highest BCUT2D eigenvalue weighted by molar-refractivity contribution is 7.00. The Hall–Kier alpha value is -2.53. The fourth-order valence-corrected chi connectivity index (χ4v) is 2.52. The average molecular weight is 280 g/mol. The second-order valence-corrected chi connectivity index (χ2v) is 4.85. The van der Waals surface area contributed by atoms with Crippen LogP contribution in [-0.2, 0) is 0 Å². The number of fused-ring (bicyclic) bond motifs is 1. The van der Waals surface area contributed by atoms with Crippen LogP contribution in [-0.4, -0.2) is 14.5 Å². The molecule has 0 radical (unpaired) electrons. The van der Waals surface area contributed by atoms with Crippen LogP contribution >= 0.6 is 11.7 Å². The quantitative estimate of drug-likeness (QED) is 0.724. The predicted octanol–water partition coefficient (Wildman–Crippen LogP) is 3.06. The third-order valence-corrected chi connectivity index (χ3v) is 3.52. The summed E-state index contributed by atoms with van der Waals surface area (Å²) in [5, 5.41) is 8.09. The lowest BCUT2D eigenvalue weighted by Crippen LogP contribution is -2.03. The molecule has 0 saturated heterocycles. The smallest absolute Gasteiger partial charge is 0.114 e. The number of rotatable bonds is 3. The van der Waals surface area contributed by atoms with Crippen LogP contribution in [0.25, 0.3) is 16.7 Å². The molecule has 4 nitrogen and oxygen atoms in total. The Kier molecular flexibility index (Phi) is 3.26. The topological polar surface area (TPSA) is 75.7 Å². The third kappa shape index (κ3) is 2.31. The van der Waals surface area contributed by atoms with Crippen molar-refractivity contribution in [1.82, 2.24) is 8.75 Å². The molecule has 0 aliphatic rings. The molecule has 0 aliphatic heterocycles. The summed E-state index contributed by atoms with van der Waals surface area (Å²) in [6.45, 7) is 0. The molecule has 0 bridgehead atoms. The zero-order chi connectivity index (χ0) is 13.9. The van der Waals surface area contributed by atoms with E-state index in [0.717, 1.165) is 33.9 Å². The van der Waals surface area contributed by atoms with E-state index in [0.29, 0.717) is 11.4 Å². The van der Waals surface area contributed by atoms with Gasteiger partial charge in [0.2, 0.25) is 0 Å². The molecule has 0 unspecified atom stereocenters. The van der Waals surface area contributed by atoms with E-state index in [4.69, 9.17) is 11.1 Å². The fraction of sp³-hybridized carbons (Fsp3) is 0. The van der Waals surface area contributed by atoms with Gasteiger partial charge in [0.25, 0.3) is 0 Å². The lowest BCUT2D eigenvalue weighted by atomic mass is 10.1. The highest BCUT2D eigenvalue weighted by atomic mass is 32.1. The van der Waals surface area contributed by atoms with E-state index >= 15 is 0 Å². The van der Waals surface area contributed by atoms with Gasteiger partial charge < -0.3 is 11.1 Å². The van der Waals surface area contributed by atoms with Crippen LogP contribution in [0.2, 0.25) is 0 Å². The molecule has 98 valence electrons. The zero-order valence-electron chi connectivity index (χ0n) is 10.6. The van der Waals surface area contributed by atoms with Crippen LogP contribution in [0.15, 0.2) is 54.6 Å². The van der Waals surface area contributed by atoms with Gasteiger partial charge in [0.15, 0.2) is 0 Å². The molecule has 1 aromatic heterocycles. The first-order valence-electron chi connectivity index (χ1n) is 6.08. The third-order valence-electron chi connectivity index (χ3n) is 2.98. The summed E-state index contributed by atoms with van der Waals surface area (Å²) in [4.78, 5) is 0. The Balaban J connectivity index is 2.00. The largest absolute Gasteiger partial charge is 0.398 e. The Morgan fingerprint density at radius 3 is 2.65 bits per heavy atom. The van der Waals surface area contributed by atoms with E-state index < -0.39 is 0 Å². The highest BCUT2D eigenvalue weighted by Crippen LogP contribution is 2.21. The summed E-state index contributed by atoms with van der Waals surface area (Å²) in [6, 6.07) is 15.2. The normalized spacial score (nSPS) is 11.7. The zero-order valence-corrected chi connectivity index (χ0v) is 11.4. The maximum atomic E-state index is 8.09. The van der Waals surface area contributed by atoms with Gasteiger partial charge in [-0.3, -0.25) is 0 Å². The van der Waals surface area contributed by atoms with Crippen molar-refractivity contribution in [1.29, 1.82) is 5.41 Å². The van der Waals surface area contributed by atoms with Crippen molar-refractivity contribution < 1.29 is 0 Å². The van der Waals surface area contributed by atoms with Crippen LogP contribution < -0.4 is 5.73 Å². The van der Waals surface area contributed by atoms with Crippen molar-refractivity contribution in [3.63, 3.8) is 0 Å². The second-order valence-electron chi connectivity index (χ2n) is 4.32. The van der Waals surface area contributed by atoms with Crippen LogP contribution in [0.4, 0.5) is 0 Å². The number of nitrogens with two attached hydrogens (primary N) is 1. The summed E-state index contributed by atoms with van der Waals surface area (Å²) in [5.41, 5.74) is 10.3. The van der Waals surface area contributed by atoms with Crippen LogP contribution in [0.5, 0.6) is 0 Å². The minimum Gasteiger partial charge on any atom is -0.398 e. The number of nitrogens with zero attached hydrogens (tertiary/aromatic N) is 2. The van der Waals surface area contributed by atoms with Gasteiger partial charge in [-0.15, -0.1) is 0 Å². The minimum atomic E-state index is 0.378. The van der Waals surface area contributed by atoms with Crippen molar-refractivity contribution >= 4 is 34.2 Å². The standard InChI is InChI=1S/C15H12N4S/c16-12(10-5-2-1-3-6-10)9-13(17)11-7-4-8-14-15(11)19-20-18-14/h1-9,16H,17H2/b13-9-,16-12?. The SMILES string of the molecule is N=C(/C=C(\N)c1cccc2nsnc12)c1ccccc1. The minimum absolute atomic E-state index is 0.378. The van der Waals surface area contributed by atoms with E-state index in [2.05, 4.69) is 8.75 Å². The van der Waals surface area contributed by atoms with Crippen molar-refractivity contribution in [2.45, 2.75) is 0 Å². The van der Waals surface area contributed by atoms with Crippen LogP contribution in [0.1, 0.15) is 11.1 Å². The number of allylic oxidation sites excluding steroid dienone is 1. The molecule has 20 heavy (non-hydrogen) atoms. The lowest BCUT2D eigenvalue weighted by molar-refractivity contribution is 1.47. The van der Waals surface area contributed by atoms with Gasteiger partial charge in [0.1, 0.15) is 11.0 Å². The average Bonchev–Trinajstić information content (AvgIpc) is 2.96. The van der Waals surface area contributed by atoms with E-state index in [1.54, 1.807) is 6.08 Å².